The summed E-state index contributed by atoms with van der Waals surface area (Å²) in [5.41, 5.74) is 2.87. The number of amides is 1. The van der Waals surface area contributed by atoms with Gasteiger partial charge in [-0.05, 0) is 30.2 Å². The predicted molar refractivity (Wildman–Crippen MR) is 97.8 cm³/mol. The molecule has 1 aliphatic heterocycles. The number of anilines is 1. The second-order valence-corrected chi connectivity index (χ2v) is 13.2. The molecule has 1 atom stereocenters. The Hall–Kier alpha value is -1.92. The zero-order valence-corrected chi connectivity index (χ0v) is 15.6. The second-order valence-electron chi connectivity index (χ2n) is 7.53. The highest BCUT2D eigenvalue weighted by Gasteiger charge is 2.29. The molecule has 1 aliphatic rings. The molecule has 1 aromatic carbocycles. The Morgan fingerprint density at radius 1 is 1.29 bits per heavy atom. The molecule has 0 saturated carbocycles. The average Bonchev–Trinajstić information content (AvgIpc) is 2.98. The van der Waals surface area contributed by atoms with Crippen molar-refractivity contribution in [2.45, 2.75) is 44.8 Å². The van der Waals surface area contributed by atoms with E-state index in [1.54, 1.807) is 4.68 Å². The summed E-state index contributed by atoms with van der Waals surface area (Å²) >= 11 is 0. The zero-order chi connectivity index (χ0) is 17.2. The Morgan fingerprint density at radius 3 is 2.88 bits per heavy atom. The maximum Gasteiger partial charge on any atom is 0.233 e. The topological polar surface area (TPSA) is 56.1 Å². The molecule has 1 aromatic heterocycles. The van der Waals surface area contributed by atoms with E-state index in [1.165, 1.54) is 0 Å². The summed E-state index contributed by atoms with van der Waals surface area (Å²) < 4.78 is 7.49. The summed E-state index contributed by atoms with van der Waals surface area (Å²) in [5.74, 6) is -0.221. The third-order valence-electron chi connectivity index (χ3n) is 4.25. The number of nitrogens with zero attached hydrogens (tertiary/aromatic N) is 2. The molecule has 24 heavy (non-hydrogen) atoms. The smallest absolute Gasteiger partial charge is 0.233 e. The molecule has 128 valence electrons. The van der Waals surface area contributed by atoms with Crippen molar-refractivity contribution in [3.63, 3.8) is 0 Å². The highest BCUT2D eigenvalue weighted by molar-refractivity contribution is 6.76. The monoisotopic (exact) mass is 343 g/mol. The number of nitrogens with one attached hydrogen (secondary N) is 1. The van der Waals surface area contributed by atoms with Gasteiger partial charge in [0, 0.05) is 26.6 Å². The predicted octanol–water partition coefficient (Wildman–Crippen LogP) is 3.47. The van der Waals surface area contributed by atoms with E-state index in [9.17, 15) is 4.79 Å². The minimum absolute atomic E-state index is 0.0126. The highest BCUT2D eigenvalue weighted by Crippen LogP contribution is 2.30. The molecule has 2 heterocycles. The molecule has 1 N–H and O–H groups in total. The van der Waals surface area contributed by atoms with Gasteiger partial charge in [-0.2, -0.15) is 5.10 Å². The molecular formula is C18H25N3O2Si. The SMILES string of the molecule is C[Si](C)(C)CCOCn1ccc(C2Cc3ccccc3NC2=O)n1. The van der Waals surface area contributed by atoms with E-state index >= 15 is 0 Å². The van der Waals surface area contributed by atoms with Gasteiger partial charge in [0.25, 0.3) is 0 Å². The molecule has 2 aromatic rings. The van der Waals surface area contributed by atoms with E-state index in [0.717, 1.165) is 29.6 Å². The average molecular weight is 344 g/mol. The molecule has 0 fully saturated rings. The van der Waals surface area contributed by atoms with Crippen molar-refractivity contribution >= 4 is 19.7 Å². The van der Waals surface area contributed by atoms with Crippen LogP contribution in [0.5, 0.6) is 0 Å². The molecule has 1 amide bonds. The Morgan fingerprint density at radius 2 is 2.08 bits per heavy atom. The first-order chi connectivity index (χ1) is 11.4. The zero-order valence-electron chi connectivity index (χ0n) is 14.6. The normalized spacial score (nSPS) is 17.5. The van der Waals surface area contributed by atoms with Crippen LogP contribution in [0.2, 0.25) is 25.7 Å². The maximum atomic E-state index is 12.4. The Labute approximate surface area is 144 Å². The van der Waals surface area contributed by atoms with Gasteiger partial charge in [-0.25, -0.2) is 4.68 Å². The number of benzene rings is 1. The van der Waals surface area contributed by atoms with Crippen molar-refractivity contribution in [2.24, 2.45) is 0 Å². The number of fused-ring (bicyclic) bond motifs is 1. The summed E-state index contributed by atoms with van der Waals surface area (Å²) in [6.45, 7) is 8.21. The van der Waals surface area contributed by atoms with Gasteiger partial charge in [-0.3, -0.25) is 4.79 Å². The molecule has 1 unspecified atom stereocenters. The van der Waals surface area contributed by atoms with Crippen LogP contribution in [0.1, 0.15) is 17.2 Å². The number of carbonyl (C=O) groups excluding carboxylic acids is 1. The van der Waals surface area contributed by atoms with Gasteiger partial charge >= 0.3 is 0 Å². The summed E-state index contributed by atoms with van der Waals surface area (Å²) in [6.07, 6.45) is 2.58. The molecule has 0 saturated heterocycles. The van der Waals surface area contributed by atoms with Crippen LogP contribution >= 0.6 is 0 Å². The molecule has 0 aliphatic carbocycles. The minimum Gasteiger partial charge on any atom is -0.360 e. The van der Waals surface area contributed by atoms with Crippen LogP contribution in [0.15, 0.2) is 36.5 Å². The molecular weight excluding hydrogens is 318 g/mol. The summed E-state index contributed by atoms with van der Waals surface area (Å²) in [4.78, 5) is 12.4. The van der Waals surface area contributed by atoms with Crippen LogP contribution in [0.25, 0.3) is 0 Å². The molecule has 6 heteroatoms. The summed E-state index contributed by atoms with van der Waals surface area (Å²) in [6, 6.07) is 11.0. The lowest BCUT2D eigenvalue weighted by atomic mass is 9.91. The van der Waals surface area contributed by atoms with E-state index in [-0.39, 0.29) is 11.8 Å². The molecule has 3 rings (SSSR count). The van der Waals surface area contributed by atoms with Crippen molar-refractivity contribution < 1.29 is 9.53 Å². The Bertz CT molecular complexity index is 721. The van der Waals surface area contributed by atoms with Crippen LogP contribution in [0.4, 0.5) is 5.69 Å². The Balaban J connectivity index is 1.60. The number of aromatic nitrogens is 2. The number of carbonyl (C=O) groups is 1. The number of ether oxygens (including phenoxy) is 1. The van der Waals surface area contributed by atoms with E-state index in [4.69, 9.17) is 4.74 Å². The third-order valence-corrected chi connectivity index (χ3v) is 5.96. The van der Waals surface area contributed by atoms with Gasteiger partial charge in [0.1, 0.15) is 6.73 Å². The minimum atomic E-state index is -1.07. The van der Waals surface area contributed by atoms with Gasteiger partial charge < -0.3 is 10.1 Å². The van der Waals surface area contributed by atoms with Crippen molar-refractivity contribution in [1.82, 2.24) is 9.78 Å². The van der Waals surface area contributed by atoms with Crippen LogP contribution < -0.4 is 5.32 Å². The first-order valence-corrected chi connectivity index (χ1v) is 12.1. The fourth-order valence-electron chi connectivity index (χ4n) is 2.76. The molecule has 0 radical (unpaired) electrons. The Kier molecular flexibility index (Phi) is 4.87. The van der Waals surface area contributed by atoms with Gasteiger partial charge in [0.15, 0.2) is 0 Å². The van der Waals surface area contributed by atoms with Crippen molar-refractivity contribution in [3.8, 4) is 0 Å². The van der Waals surface area contributed by atoms with Crippen LogP contribution in [-0.2, 0) is 22.7 Å². The van der Waals surface area contributed by atoms with Crippen LogP contribution in [-0.4, -0.2) is 30.4 Å². The summed E-state index contributed by atoms with van der Waals surface area (Å²) in [5, 5.41) is 7.51. The van der Waals surface area contributed by atoms with E-state index in [1.807, 2.05) is 30.5 Å². The van der Waals surface area contributed by atoms with Crippen molar-refractivity contribution in [3.05, 3.63) is 47.8 Å². The van der Waals surface area contributed by atoms with Gasteiger partial charge in [0.05, 0.1) is 11.6 Å². The largest absolute Gasteiger partial charge is 0.360 e. The number of rotatable bonds is 6. The molecule has 0 bridgehead atoms. The first-order valence-electron chi connectivity index (χ1n) is 8.42. The quantitative estimate of drug-likeness (QED) is 0.645. The van der Waals surface area contributed by atoms with Gasteiger partial charge in [0.2, 0.25) is 5.91 Å². The molecule has 0 spiro atoms. The van der Waals surface area contributed by atoms with Crippen LogP contribution in [0.3, 0.4) is 0 Å². The fraction of sp³-hybridized carbons (Fsp3) is 0.444. The summed E-state index contributed by atoms with van der Waals surface area (Å²) in [7, 11) is -1.07. The first kappa shape index (κ1) is 16.9. The highest BCUT2D eigenvalue weighted by atomic mass is 28.3. The van der Waals surface area contributed by atoms with E-state index in [2.05, 4.69) is 36.1 Å². The lowest BCUT2D eigenvalue weighted by Crippen LogP contribution is -2.28. The third kappa shape index (κ3) is 4.13. The van der Waals surface area contributed by atoms with E-state index in [0.29, 0.717) is 13.2 Å². The molecule has 5 nitrogen and oxygen atoms in total. The van der Waals surface area contributed by atoms with E-state index < -0.39 is 8.07 Å². The maximum absolute atomic E-state index is 12.4. The van der Waals surface area contributed by atoms with Crippen molar-refractivity contribution in [2.75, 3.05) is 11.9 Å². The number of para-hydroxylation sites is 1. The fourth-order valence-corrected chi connectivity index (χ4v) is 3.52. The standard InChI is InChI=1S/C18H25N3O2Si/c1-24(2,3)11-10-23-13-21-9-8-17(20-21)15-12-14-6-4-5-7-16(14)19-18(15)22/h4-9,15H,10-13H2,1-3H3,(H,19,22). The number of hydrogen-bond acceptors (Lipinski definition) is 3. The lowest BCUT2D eigenvalue weighted by Gasteiger charge is -2.23. The second kappa shape index (κ2) is 6.90. The van der Waals surface area contributed by atoms with Gasteiger partial charge in [-0.15, -0.1) is 0 Å². The van der Waals surface area contributed by atoms with Crippen molar-refractivity contribution in [1.29, 1.82) is 0 Å². The van der Waals surface area contributed by atoms with Crippen LogP contribution in [0, 0.1) is 0 Å². The number of hydrogen-bond donors (Lipinski definition) is 1. The lowest BCUT2D eigenvalue weighted by molar-refractivity contribution is -0.117. The van der Waals surface area contributed by atoms with Gasteiger partial charge in [-0.1, -0.05) is 37.8 Å².